The van der Waals surface area contributed by atoms with Crippen molar-refractivity contribution in [3.05, 3.63) is 29.3 Å². The first-order valence-electron chi connectivity index (χ1n) is 8.55. The maximum absolute atomic E-state index is 12.2. The Labute approximate surface area is 149 Å². The van der Waals surface area contributed by atoms with E-state index in [0.29, 0.717) is 13.2 Å². The highest BCUT2D eigenvalue weighted by molar-refractivity contribution is 5.85. The van der Waals surface area contributed by atoms with Gasteiger partial charge in [-0.05, 0) is 44.4 Å². The van der Waals surface area contributed by atoms with Crippen molar-refractivity contribution in [2.75, 3.05) is 26.3 Å². The van der Waals surface area contributed by atoms with Gasteiger partial charge in [0.15, 0.2) is 0 Å². The number of hydrogen-bond donors (Lipinski definition) is 2. The summed E-state index contributed by atoms with van der Waals surface area (Å²) in [5, 5.41) is 6.26. The Morgan fingerprint density at radius 2 is 2.29 bits per heavy atom. The Balaban J connectivity index is 0.00000208. The van der Waals surface area contributed by atoms with Gasteiger partial charge in [-0.2, -0.15) is 0 Å². The predicted octanol–water partition coefficient (Wildman–Crippen LogP) is 2.20. The topological polar surface area (TPSA) is 59.6 Å². The van der Waals surface area contributed by atoms with Crippen LogP contribution in [-0.2, 0) is 16.1 Å². The molecule has 5 nitrogen and oxygen atoms in total. The fourth-order valence-corrected chi connectivity index (χ4v) is 3.11. The zero-order chi connectivity index (χ0) is 16.1. The summed E-state index contributed by atoms with van der Waals surface area (Å²) in [5.41, 5.74) is 2.18. The third-order valence-corrected chi connectivity index (χ3v) is 4.56. The zero-order valence-corrected chi connectivity index (χ0v) is 15.0. The molecular weight excluding hydrogens is 328 g/mol. The second-order valence-electron chi connectivity index (χ2n) is 6.46. The molecule has 1 amide bonds. The van der Waals surface area contributed by atoms with Crippen LogP contribution in [0, 0.1) is 12.8 Å². The van der Waals surface area contributed by atoms with Gasteiger partial charge in [-0.15, -0.1) is 12.4 Å². The van der Waals surface area contributed by atoms with Crippen LogP contribution < -0.4 is 15.4 Å². The first-order chi connectivity index (χ1) is 11.2. The molecule has 134 valence electrons. The Bertz CT molecular complexity index is 541. The lowest BCUT2D eigenvalue weighted by Crippen LogP contribution is -2.31. The molecule has 0 aromatic heterocycles. The molecule has 1 aromatic carbocycles. The maximum Gasteiger partial charge on any atom is 0.224 e. The minimum Gasteiger partial charge on any atom is -0.491 e. The molecule has 2 heterocycles. The molecule has 2 aliphatic heterocycles. The number of benzene rings is 1. The van der Waals surface area contributed by atoms with E-state index in [1.165, 1.54) is 0 Å². The van der Waals surface area contributed by atoms with Gasteiger partial charge >= 0.3 is 0 Å². The van der Waals surface area contributed by atoms with E-state index in [-0.39, 0.29) is 30.3 Å². The number of ether oxygens (including phenoxy) is 2. The van der Waals surface area contributed by atoms with Gasteiger partial charge in [0, 0.05) is 25.3 Å². The Kier molecular flexibility index (Phi) is 7.34. The number of aryl methyl sites for hydroxylation is 1. The molecule has 0 saturated carbocycles. The lowest BCUT2D eigenvalue weighted by molar-refractivity contribution is -0.124. The molecule has 0 aliphatic carbocycles. The first-order valence-corrected chi connectivity index (χ1v) is 8.55. The molecule has 2 unspecified atom stereocenters. The van der Waals surface area contributed by atoms with E-state index in [0.717, 1.165) is 55.8 Å². The lowest BCUT2D eigenvalue weighted by atomic mass is 10.1. The van der Waals surface area contributed by atoms with Crippen LogP contribution >= 0.6 is 12.4 Å². The average Bonchev–Trinajstić information content (AvgIpc) is 3.25. The predicted molar refractivity (Wildman–Crippen MR) is 95.7 cm³/mol. The van der Waals surface area contributed by atoms with Crippen molar-refractivity contribution in [3.63, 3.8) is 0 Å². The fraction of sp³-hybridized carbons (Fsp3) is 0.611. The monoisotopic (exact) mass is 354 g/mol. The molecule has 2 aliphatic rings. The largest absolute Gasteiger partial charge is 0.491 e. The summed E-state index contributed by atoms with van der Waals surface area (Å²) >= 11 is 0. The van der Waals surface area contributed by atoms with Crippen LogP contribution in [0.15, 0.2) is 18.2 Å². The molecule has 0 bridgehead atoms. The SMILES string of the molecule is Cc1ccc(CNC(=O)C2CCNC2)c(OCC2CCCO2)c1.Cl. The highest BCUT2D eigenvalue weighted by atomic mass is 35.5. The van der Waals surface area contributed by atoms with Crippen LogP contribution in [0.2, 0.25) is 0 Å². The van der Waals surface area contributed by atoms with Gasteiger partial charge in [0.2, 0.25) is 5.91 Å². The smallest absolute Gasteiger partial charge is 0.224 e. The van der Waals surface area contributed by atoms with Crippen LogP contribution in [0.4, 0.5) is 0 Å². The number of amides is 1. The number of rotatable bonds is 6. The van der Waals surface area contributed by atoms with Crippen LogP contribution in [0.25, 0.3) is 0 Å². The lowest BCUT2D eigenvalue weighted by Gasteiger charge is -2.16. The van der Waals surface area contributed by atoms with Crippen LogP contribution in [0.3, 0.4) is 0 Å². The number of hydrogen-bond acceptors (Lipinski definition) is 4. The van der Waals surface area contributed by atoms with Gasteiger partial charge in [0.05, 0.1) is 12.0 Å². The van der Waals surface area contributed by atoms with E-state index in [9.17, 15) is 4.79 Å². The van der Waals surface area contributed by atoms with E-state index in [4.69, 9.17) is 9.47 Å². The Hall–Kier alpha value is -1.30. The Morgan fingerprint density at radius 3 is 3.00 bits per heavy atom. The molecule has 24 heavy (non-hydrogen) atoms. The van der Waals surface area contributed by atoms with Gasteiger partial charge in [0.1, 0.15) is 12.4 Å². The summed E-state index contributed by atoms with van der Waals surface area (Å²) in [6.07, 6.45) is 3.29. The molecule has 2 fully saturated rings. The van der Waals surface area contributed by atoms with E-state index in [1.54, 1.807) is 0 Å². The maximum atomic E-state index is 12.2. The quantitative estimate of drug-likeness (QED) is 0.822. The highest BCUT2D eigenvalue weighted by Crippen LogP contribution is 2.22. The molecule has 0 spiro atoms. The molecule has 1 aromatic rings. The van der Waals surface area contributed by atoms with Crippen molar-refractivity contribution in [2.24, 2.45) is 5.92 Å². The van der Waals surface area contributed by atoms with Crippen molar-refractivity contribution in [1.29, 1.82) is 0 Å². The summed E-state index contributed by atoms with van der Waals surface area (Å²) in [4.78, 5) is 12.2. The molecule has 3 rings (SSSR count). The van der Waals surface area contributed by atoms with E-state index >= 15 is 0 Å². The van der Waals surface area contributed by atoms with Crippen LogP contribution in [0.5, 0.6) is 5.75 Å². The van der Waals surface area contributed by atoms with Crippen molar-refractivity contribution in [2.45, 2.75) is 38.8 Å². The summed E-state index contributed by atoms with van der Waals surface area (Å²) in [7, 11) is 0. The van der Waals surface area contributed by atoms with Crippen molar-refractivity contribution in [3.8, 4) is 5.75 Å². The fourth-order valence-electron chi connectivity index (χ4n) is 3.11. The summed E-state index contributed by atoms with van der Waals surface area (Å²) < 4.78 is 11.6. The molecule has 6 heteroatoms. The van der Waals surface area contributed by atoms with E-state index < -0.39 is 0 Å². The van der Waals surface area contributed by atoms with Crippen LogP contribution in [-0.4, -0.2) is 38.3 Å². The number of carbonyl (C=O) groups is 1. The van der Waals surface area contributed by atoms with Crippen LogP contribution in [0.1, 0.15) is 30.4 Å². The van der Waals surface area contributed by atoms with Gasteiger partial charge < -0.3 is 20.1 Å². The average molecular weight is 355 g/mol. The van der Waals surface area contributed by atoms with Crippen molar-refractivity contribution in [1.82, 2.24) is 10.6 Å². The number of halogens is 1. The molecule has 2 atom stereocenters. The van der Waals surface area contributed by atoms with Gasteiger partial charge in [0.25, 0.3) is 0 Å². The van der Waals surface area contributed by atoms with Gasteiger partial charge in [-0.1, -0.05) is 12.1 Å². The number of nitrogens with one attached hydrogen (secondary N) is 2. The minimum absolute atomic E-state index is 0. The van der Waals surface area contributed by atoms with Crippen molar-refractivity contribution < 1.29 is 14.3 Å². The Morgan fingerprint density at radius 1 is 1.42 bits per heavy atom. The third kappa shape index (κ3) is 5.10. The van der Waals surface area contributed by atoms with E-state index in [1.807, 2.05) is 19.1 Å². The first kappa shape index (κ1) is 19.0. The second kappa shape index (κ2) is 9.25. The normalized spacial score (nSPS) is 22.9. The zero-order valence-electron chi connectivity index (χ0n) is 14.2. The minimum atomic E-state index is 0. The molecular formula is C18H27ClN2O3. The third-order valence-electron chi connectivity index (χ3n) is 4.56. The molecule has 2 N–H and O–H groups in total. The standard InChI is InChI=1S/C18H26N2O3.ClH/c1-13-4-5-14(11-20-18(21)15-6-7-19-10-15)17(9-13)23-12-16-3-2-8-22-16;/h4-5,9,15-16,19H,2-3,6-8,10-12H2,1H3,(H,20,21);1H. The molecule has 2 saturated heterocycles. The van der Waals surface area contributed by atoms with Gasteiger partial charge in [-0.25, -0.2) is 0 Å². The number of carbonyl (C=O) groups excluding carboxylic acids is 1. The summed E-state index contributed by atoms with van der Waals surface area (Å²) in [5.74, 6) is 1.07. The van der Waals surface area contributed by atoms with Crippen molar-refractivity contribution >= 4 is 18.3 Å². The highest BCUT2D eigenvalue weighted by Gasteiger charge is 2.22. The summed E-state index contributed by atoms with van der Waals surface area (Å²) in [6, 6.07) is 6.12. The second-order valence-corrected chi connectivity index (χ2v) is 6.46. The summed E-state index contributed by atoms with van der Waals surface area (Å²) in [6.45, 7) is 5.68. The molecule has 0 radical (unpaired) electrons. The van der Waals surface area contributed by atoms with Gasteiger partial charge in [-0.3, -0.25) is 4.79 Å². The van der Waals surface area contributed by atoms with E-state index in [2.05, 4.69) is 16.7 Å².